The molecule has 82 valence electrons. The lowest BCUT2D eigenvalue weighted by molar-refractivity contribution is 0.425. The summed E-state index contributed by atoms with van der Waals surface area (Å²) in [5.41, 5.74) is 1.52. The van der Waals surface area contributed by atoms with Crippen LogP contribution in [-0.4, -0.2) is 19.3 Å². The standard InChI is InChI=1S/C12H24N2/c1-4-10(2)5-6-11(3)7-12-8-13-9-14-12/h4,11-14H,5-9H2,1-3H3/b10-4-. The Balaban J connectivity index is 2.11. The number of hydrogen-bond acceptors (Lipinski definition) is 2. The van der Waals surface area contributed by atoms with Crippen molar-refractivity contribution in [2.24, 2.45) is 5.92 Å². The first-order valence-electron chi connectivity index (χ1n) is 5.78. The van der Waals surface area contributed by atoms with Gasteiger partial charge in [0.2, 0.25) is 0 Å². The summed E-state index contributed by atoms with van der Waals surface area (Å²) in [4.78, 5) is 0. The van der Waals surface area contributed by atoms with E-state index >= 15 is 0 Å². The molecule has 0 aromatic carbocycles. The van der Waals surface area contributed by atoms with E-state index in [9.17, 15) is 0 Å². The van der Waals surface area contributed by atoms with Crippen molar-refractivity contribution in [2.75, 3.05) is 13.2 Å². The second-order valence-corrected chi connectivity index (χ2v) is 4.55. The number of rotatable bonds is 5. The van der Waals surface area contributed by atoms with Crippen LogP contribution in [0.15, 0.2) is 11.6 Å². The topological polar surface area (TPSA) is 24.1 Å². The zero-order chi connectivity index (χ0) is 10.4. The lowest BCUT2D eigenvalue weighted by atomic mass is 9.95. The highest BCUT2D eigenvalue weighted by Gasteiger charge is 2.16. The molecule has 0 aromatic heterocycles. The molecular weight excluding hydrogens is 172 g/mol. The van der Waals surface area contributed by atoms with E-state index in [1.54, 1.807) is 0 Å². The number of allylic oxidation sites excluding steroid dienone is 2. The van der Waals surface area contributed by atoms with Crippen molar-refractivity contribution in [3.63, 3.8) is 0 Å². The predicted octanol–water partition coefficient (Wildman–Crippen LogP) is 2.28. The van der Waals surface area contributed by atoms with Crippen molar-refractivity contribution in [3.8, 4) is 0 Å². The van der Waals surface area contributed by atoms with Gasteiger partial charge in [-0.1, -0.05) is 18.6 Å². The van der Waals surface area contributed by atoms with Crippen molar-refractivity contribution >= 4 is 0 Å². The molecule has 1 saturated heterocycles. The summed E-state index contributed by atoms with van der Waals surface area (Å²) >= 11 is 0. The fraction of sp³-hybridized carbons (Fsp3) is 0.833. The first kappa shape index (κ1) is 11.7. The SMILES string of the molecule is C/C=C(/C)CCC(C)CC1CNCN1. The van der Waals surface area contributed by atoms with E-state index in [4.69, 9.17) is 0 Å². The molecule has 2 unspecified atom stereocenters. The van der Waals surface area contributed by atoms with Gasteiger partial charge in [0.1, 0.15) is 0 Å². The predicted molar refractivity (Wildman–Crippen MR) is 62.2 cm³/mol. The zero-order valence-electron chi connectivity index (χ0n) is 9.77. The van der Waals surface area contributed by atoms with E-state index in [0.29, 0.717) is 6.04 Å². The highest BCUT2D eigenvalue weighted by atomic mass is 15.2. The summed E-state index contributed by atoms with van der Waals surface area (Å²) in [5.74, 6) is 0.835. The molecule has 1 rings (SSSR count). The highest BCUT2D eigenvalue weighted by molar-refractivity contribution is 4.95. The van der Waals surface area contributed by atoms with Crippen LogP contribution in [0.3, 0.4) is 0 Å². The lowest BCUT2D eigenvalue weighted by Crippen LogP contribution is -2.25. The van der Waals surface area contributed by atoms with E-state index < -0.39 is 0 Å². The third-order valence-electron chi connectivity index (χ3n) is 3.12. The van der Waals surface area contributed by atoms with Gasteiger partial charge in [-0.25, -0.2) is 0 Å². The van der Waals surface area contributed by atoms with Gasteiger partial charge in [-0.15, -0.1) is 0 Å². The first-order valence-corrected chi connectivity index (χ1v) is 5.78. The molecule has 2 nitrogen and oxygen atoms in total. The van der Waals surface area contributed by atoms with Crippen molar-refractivity contribution in [1.29, 1.82) is 0 Å². The van der Waals surface area contributed by atoms with Crippen molar-refractivity contribution in [1.82, 2.24) is 10.6 Å². The van der Waals surface area contributed by atoms with Crippen molar-refractivity contribution < 1.29 is 0 Å². The maximum absolute atomic E-state index is 3.46. The van der Waals surface area contributed by atoms with Crippen LogP contribution in [0.2, 0.25) is 0 Å². The van der Waals surface area contributed by atoms with Crippen LogP contribution in [0.5, 0.6) is 0 Å². The van der Waals surface area contributed by atoms with Gasteiger partial charge in [-0.05, 0) is 39.0 Å². The summed E-state index contributed by atoms with van der Waals surface area (Å²) in [6, 6.07) is 0.705. The Morgan fingerprint density at radius 2 is 2.36 bits per heavy atom. The van der Waals surface area contributed by atoms with Gasteiger partial charge < -0.3 is 10.6 Å². The Bertz CT molecular complexity index is 181. The molecule has 1 heterocycles. The average Bonchev–Trinajstić information content (AvgIpc) is 2.66. The maximum Gasteiger partial charge on any atom is 0.0457 e. The Morgan fingerprint density at radius 1 is 1.57 bits per heavy atom. The lowest BCUT2D eigenvalue weighted by Gasteiger charge is -2.16. The summed E-state index contributed by atoms with van der Waals surface area (Å²) < 4.78 is 0. The summed E-state index contributed by atoms with van der Waals surface area (Å²) in [6.07, 6.45) is 6.12. The Labute approximate surface area is 88.2 Å². The van der Waals surface area contributed by atoms with Crippen LogP contribution in [-0.2, 0) is 0 Å². The zero-order valence-corrected chi connectivity index (χ0v) is 9.77. The van der Waals surface area contributed by atoms with Crippen LogP contribution >= 0.6 is 0 Å². The second-order valence-electron chi connectivity index (χ2n) is 4.55. The van der Waals surface area contributed by atoms with Gasteiger partial charge in [-0.3, -0.25) is 0 Å². The normalized spacial score (nSPS) is 25.4. The van der Waals surface area contributed by atoms with Gasteiger partial charge in [0.25, 0.3) is 0 Å². The minimum Gasteiger partial charge on any atom is -0.303 e. The summed E-state index contributed by atoms with van der Waals surface area (Å²) in [7, 11) is 0. The van der Waals surface area contributed by atoms with Crippen molar-refractivity contribution in [2.45, 2.75) is 46.1 Å². The van der Waals surface area contributed by atoms with E-state index in [-0.39, 0.29) is 0 Å². The van der Waals surface area contributed by atoms with Crippen LogP contribution in [0.4, 0.5) is 0 Å². The molecule has 0 spiro atoms. The van der Waals surface area contributed by atoms with Crippen molar-refractivity contribution in [3.05, 3.63) is 11.6 Å². The van der Waals surface area contributed by atoms with Crippen LogP contribution < -0.4 is 10.6 Å². The molecule has 0 saturated carbocycles. The molecule has 14 heavy (non-hydrogen) atoms. The summed E-state index contributed by atoms with van der Waals surface area (Å²) in [6.45, 7) is 8.85. The molecule has 0 aromatic rings. The molecule has 2 atom stereocenters. The first-order chi connectivity index (χ1) is 6.72. The third kappa shape index (κ3) is 4.25. The fourth-order valence-electron chi connectivity index (χ4n) is 1.92. The Morgan fingerprint density at radius 3 is 2.93 bits per heavy atom. The van der Waals surface area contributed by atoms with Crippen LogP contribution in [0.1, 0.15) is 40.0 Å². The molecule has 0 amide bonds. The monoisotopic (exact) mass is 196 g/mol. The van der Waals surface area contributed by atoms with Gasteiger partial charge in [-0.2, -0.15) is 0 Å². The molecular formula is C12H24N2. The van der Waals surface area contributed by atoms with Crippen LogP contribution in [0, 0.1) is 5.92 Å². The maximum atomic E-state index is 3.46. The molecule has 2 heteroatoms. The molecule has 2 N–H and O–H groups in total. The number of hydrogen-bond donors (Lipinski definition) is 2. The minimum absolute atomic E-state index is 0.705. The van der Waals surface area contributed by atoms with Gasteiger partial charge in [0, 0.05) is 19.3 Å². The fourth-order valence-corrected chi connectivity index (χ4v) is 1.92. The largest absolute Gasteiger partial charge is 0.303 e. The van der Waals surface area contributed by atoms with Gasteiger partial charge in [0.05, 0.1) is 0 Å². The van der Waals surface area contributed by atoms with E-state index in [2.05, 4.69) is 37.5 Å². The number of nitrogens with one attached hydrogen (secondary N) is 2. The quantitative estimate of drug-likeness (QED) is 0.659. The Hall–Kier alpha value is -0.340. The third-order valence-corrected chi connectivity index (χ3v) is 3.12. The van der Waals surface area contributed by atoms with E-state index in [1.165, 1.54) is 24.8 Å². The molecule has 0 radical (unpaired) electrons. The molecule has 0 aliphatic carbocycles. The highest BCUT2D eigenvalue weighted by Crippen LogP contribution is 2.16. The molecule has 1 aliphatic rings. The van der Waals surface area contributed by atoms with Gasteiger partial charge >= 0.3 is 0 Å². The van der Waals surface area contributed by atoms with Gasteiger partial charge in [0.15, 0.2) is 0 Å². The second kappa shape index (κ2) is 6.20. The molecule has 1 fully saturated rings. The van der Waals surface area contributed by atoms with Crippen LogP contribution in [0.25, 0.3) is 0 Å². The van der Waals surface area contributed by atoms with E-state index in [0.717, 1.165) is 19.1 Å². The Kier molecular flexibility index (Phi) is 5.20. The van der Waals surface area contributed by atoms with E-state index in [1.807, 2.05) is 0 Å². The minimum atomic E-state index is 0.705. The summed E-state index contributed by atoms with van der Waals surface area (Å²) in [5, 5.41) is 6.79. The molecule has 1 aliphatic heterocycles. The average molecular weight is 196 g/mol. The molecule has 0 bridgehead atoms. The smallest absolute Gasteiger partial charge is 0.0457 e.